The number of hydrogen-bond donors (Lipinski definition) is 3. The van der Waals surface area contributed by atoms with Crippen molar-refractivity contribution in [3.63, 3.8) is 0 Å². The number of amides is 2. The lowest BCUT2D eigenvalue weighted by molar-refractivity contribution is -0.123. The molecule has 0 aromatic heterocycles. The molecule has 1 atom stereocenters. The lowest BCUT2D eigenvalue weighted by Gasteiger charge is -2.07. The molecular formula is C19H20N4O3. The zero-order valence-corrected chi connectivity index (χ0v) is 14.4. The van der Waals surface area contributed by atoms with Crippen molar-refractivity contribution in [3.8, 4) is 5.75 Å². The van der Waals surface area contributed by atoms with Crippen LogP contribution in [-0.2, 0) is 9.59 Å². The summed E-state index contributed by atoms with van der Waals surface area (Å²) >= 11 is 0. The van der Waals surface area contributed by atoms with Crippen molar-refractivity contribution >= 4 is 29.1 Å². The number of hydrogen-bond acceptors (Lipinski definition) is 5. The van der Waals surface area contributed by atoms with Crippen LogP contribution in [0.15, 0.2) is 59.6 Å². The summed E-state index contributed by atoms with van der Waals surface area (Å²) in [6, 6.07) is 15.7. The molecule has 0 saturated heterocycles. The second kappa shape index (κ2) is 8.15. The molecule has 134 valence electrons. The van der Waals surface area contributed by atoms with Gasteiger partial charge in [-0.05, 0) is 43.3 Å². The van der Waals surface area contributed by atoms with E-state index in [4.69, 9.17) is 4.74 Å². The number of nitrogens with zero attached hydrogens (tertiary/aromatic N) is 1. The zero-order chi connectivity index (χ0) is 18.4. The molecule has 2 aromatic carbocycles. The molecule has 7 nitrogen and oxygen atoms in total. The average molecular weight is 352 g/mol. The van der Waals surface area contributed by atoms with Crippen LogP contribution < -0.4 is 20.7 Å². The molecule has 1 heterocycles. The van der Waals surface area contributed by atoms with Gasteiger partial charge in [0.25, 0.3) is 5.91 Å². The molecule has 1 aliphatic rings. The standard InChI is InChI=1S/C19H20N4O3/c1-2-26-15-10-8-14(9-11-15)21-19-22-16(18(25)23-19)12-17(24)20-13-6-4-3-5-7-13/h3-11,16H,2,12H2,1H3,(H,20,24)(H2,21,22,23,25)/t16-/m0/s1. The van der Waals surface area contributed by atoms with Crippen LogP contribution in [-0.4, -0.2) is 30.4 Å². The Morgan fingerprint density at radius 1 is 1.12 bits per heavy atom. The van der Waals surface area contributed by atoms with E-state index < -0.39 is 6.04 Å². The first-order valence-electron chi connectivity index (χ1n) is 8.37. The summed E-state index contributed by atoms with van der Waals surface area (Å²) in [6.07, 6.45) is -0.0187. The van der Waals surface area contributed by atoms with Gasteiger partial charge in [0.15, 0.2) is 0 Å². The Labute approximate surface area is 151 Å². The molecule has 26 heavy (non-hydrogen) atoms. The third kappa shape index (κ3) is 4.60. The van der Waals surface area contributed by atoms with Crippen molar-refractivity contribution in [2.24, 2.45) is 4.99 Å². The minimum Gasteiger partial charge on any atom is -0.494 e. The molecule has 0 bridgehead atoms. The summed E-state index contributed by atoms with van der Waals surface area (Å²) in [5.74, 6) is 0.534. The third-order valence-electron chi connectivity index (χ3n) is 3.69. The highest BCUT2D eigenvalue weighted by atomic mass is 16.5. The average Bonchev–Trinajstić information content (AvgIpc) is 2.96. The summed E-state index contributed by atoms with van der Waals surface area (Å²) in [4.78, 5) is 28.4. The number of benzene rings is 2. The topological polar surface area (TPSA) is 91.8 Å². The van der Waals surface area contributed by atoms with Gasteiger partial charge in [-0.2, -0.15) is 0 Å². The molecule has 0 fully saturated rings. The quantitative estimate of drug-likeness (QED) is 0.744. The Kier molecular flexibility index (Phi) is 5.48. The first-order chi connectivity index (χ1) is 12.6. The van der Waals surface area contributed by atoms with Crippen molar-refractivity contribution in [3.05, 3.63) is 54.6 Å². The van der Waals surface area contributed by atoms with E-state index in [2.05, 4.69) is 20.9 Å². The predicted octanol–water partition coefficient (Wildman–Crippen LogP) is 2.38. The van der Waals surface area contributed by atoms with Crippen LogP contribution in [0.4, 0.5) is 11.4 Å². The van der Waals surface area contributed by atoms with Gasteiger partial charge in [0.05, 0.1) is 13.0 Å². The first kappa shape index (κ1) is 17.5. The van der Waals surface area contributed by atoms with Gasteiger partial charge in [-0.3, -0.25) is 14.9 Å². The number of para-hydroxylation sites is 1. The minimum atomic E-state index is -0.746. The van der Waals surface area contributed by atoms with Crippen LogP contribution in [0.3, 0.4) is 0 Å². The maximum atomic E-state index is 12.1. The molecule has 0 radical (unpaired) electrons. The van der Waals surface area contributed by atoms with E-state index >= 15 is 0 Å². The second-order valence-electron chi connectivity index (χ2n) is 5.68. The number of rotatable bonds is 6. The first-order valence-corrected chi connectivity index (χ1v) is 8.37. The SMILES string of the molecule is CCOc1ccc(NC2=N[C@@H](CC(=O)Nc3ccccc3)C(=O)N2)cc1. The van der Waals surface area contributed by atoms with Gasteiger partial charge in [-0.25, -0.2) is 4.99 Å². The number of guanidine groups is 1. The highest BCUT2D eigenvalue weighted by Gasteiger charge is 2.28. The Balaban J connectivity index is 1.57. The number of carbonyl (C=O) groups is 2. The van der Waals surface area contributed by atoms with Crippen LogP contribution in [0.2, 0.25) is 0 Å². The monoisotopic (exact) mass is 352 g/mol. The van der Waals surface area contributed by atoms with E-state index in [1.807, 2.05) is 49.4 Å². The fourth-order valence-corrected chi connectivity index (χ4v) is 2.50. The lowest BCUT2D eigenvalue weighted by atomic mass is 10.2. The lowest BCUT2D eigenvalue weighted by Crippen LogP contribution is -2.33. The zero-order valence-electron chi connectivity index (χ0n) is 14.4. The van der Waals surface area contributed by atoms with Gasteiger partial charge in [-0.15, -0.1) is 0 Å². The van der Waals surface area contributed by atoms with Crippen LogP contribution in [0.1, 0.15) is 13.3 Å². The fraction of sp³-hybridized carbons (Fsp3) is 0.211. The Morgan fingerprint density at radius 2 is 1.85 bits per heavy atom. The maximum absolute atomic E-state index is 12.1. The van der Waals surface area contributed by atoms with Crippen molar-refractivity contribution in [2.45, 2.75) is 19.4 Å². The summed E-state index contributed by atoms with van der Waals surface area (Å²) in [7, 11) is 0. The van der Waals surface area contributed by atoms with Gasteiger partial charge < -0.3 is 15.4 Å². The molecule has 3 rings (SSSR count). The number of nitrogens with one attached hydrogen (secondary N) is 3. The fourth-order valence-electron chi connectivity index (χ4n) is 2.50. The summed E-state index contributed by atoms with van der Waals surface area (Å²) < 4.78 is 5.39. The molecule has 7 heteroatoms. The number of ether oxygens (including phenoxy) is 1. The Hall–Kier alpha value is -3.35. The van der Waals surface area contributed by atoms with Crippen LogP contribution in [0.5, 0.6) is 5.75 Å². The van der Waals surface area contributed by atoms with Gasteiger partial charge in [0.1, 0.15) is 11.8 Å². The molecule has 0 spiro atoms. The molecule has 0 unspecified atom stereocenters. The maximum Gasteiger partial charge on any atom is 0.252 e. The highest BCUT2D eigenvalue weighted by molar-refractivity contribution is 6.11. The van der Waals surface area contributed by atoms with Crippen molar-refractivity contribution in [1.29, 1.82) is 0 Å². The van der Waals surface area contributed by atoms with Crippen molar-refractivity contribution in [2.75, 3.05) is 17.2 Å². The summed E-state index contributed by atoms with van der Waals surface area (Å²) in [5.41, 5.74) is 1.45. The summed E-state index contributed by atoms with van der Waals surface area (Å²) in [6.45, 7) is 2.52. The highest BCUT2D eigenvalue weighted by Crippen LogP contribution is 2.17. The predicted molar refractivity (Wildman–Crippen MR) is 100 cm³/mol. The largest absolute Gasteiger partial charge is 0.494 e. The molecule has 3 N–H and O–H groups in total. The Morgan fingerprint density at radius 3 is 2.54 bits per heavy atom. The number of carbonyl (C=O) groups excluding carboxylic acids is 2. The van der Waals surface area contributed by atoms with E-state index in [-0.39, 0.29) is 18.2 Å². The molecule has 2 amide bonds. The van der Waals surface area contributed by atoms with E-state index in [0.29, 0.717) is 18.3 Å². The van der Waals surface area contributed by atoms with Crippen LogP contribution in [0, 0.1) is 0 Å². The van der Waals surface area contributed by atoms with E-state index in [1.165, 1.54) is 0 Å². The van der Waals surface area contributed by atoms with Gasteiger partial charge in [-0.1, -0.05) is 18.2 Å². The minimum absolute atomic E-state index is 0.0187. The molecule has 1 aliphatic heterocycles. The van der Waals surface area contributed by atoms with Crippen molar-refractivity contribution < 1.29 is 14.3 Å². The van der Waals surface area contributed by atoms with Crippen LogP contribution >= 0.6 is 0 Å². The molecule has 0 aliphatic carbocycles. The van der Waals surface area contributed by atoms with Gasteiger partial charge >= 0.3 is 0 Å². The van der Waals surface area contributed by atoms with Crippen molar-refractivity contribution in [1.82, 2.24) is 5.32 Å². The van der Waals surface area contributed by atoms with E-state index in [9.17, 15) is 9.59 Å². The Bertz CT molecular complexity index is 803. The van der Waals surface area contributed by atoms with Gasteiger partial charge in [0.2, 0.25) is 11.9 Å². The van der Waals surface area contributed by atoms with E-state index in [0.717, 1.165) is 11.4 Å². The van der Waals surface area contributed by atoms with E-state index in [1.54, 1.807) is 12.1 Å². The number of anilines is 2. The molecular weight excluding hydrogens is 332 g/mol. The second-order valence-corrected chi connectivity index (χ2v) is 5.68. The number of aliphatic imine (C=N–C) groups is 1. The summed E-state index contributed by atoms with van der Waals surface area (Å²) in [5, 5.41) is 8.42. The molecule has 0 saturated carbocycles. The third-order valence-corrected chi connectivity index (χ3v) is 3.69. The normalized spacial score (nSPS) is 15.8. The smallest absolute Gasteiger partial charge is 0.252 e. The van der Waals surface area contributed by atoms with Gasteiger partial charge in [0, 0.05) is 11.4 Å². The van der Waals surface area contributed by atoms with Crippen LogP contribution in [0.25, 0.3) is 0 Å². The molecule has 2 aromatic rings.